The molecule has 98 valence electrons. The molecule has 2 aromatic rings. The summed E-state index contributed by atoms with van der Waals surface area (Å²) in [7, 11) is 1.55. The van der Waals surface area contributed by atoms with Crippen LogP contribution in [0.2, 0.25) is 5.02 Å². The molecule has 1 amide bonds. The molecule has 0 fully saturated rings. The van der Waals surface area contributed by atoms with Gasteiger partial charge in [-0.25, -0.2) is 9.37 Å². The van der Waals surface area contributed by atoms with E-state index in [0.29, 0.717) is 10.8 Å². The van der Waals surface area contributed by atoms with E-state index in [1.54, 1.807) is 19.2 Å². The summed E-state index contributed by atoms with van der Waals surface area (Å²) in [5.74, 6) is -0.585. The monoisotopic (exact) mass is 279 g/mol. The summed E-state index contributed by atoms with van der Waals surface area (Å²) >= 11 is 5.70. The minimum atomic E-state index is -0.487. The van der Waals surface area contributed by atoms with E-state index in [2.05, 4.69) is 15.6 Å². The van der Waals surface area contributed by atoms with Crippen molar-refractivity contribution in [2.75, 3.05) is 17.7 Å². The number of benzene rings is 1. The van der Waals surface area contributed by atoms with Crippen LogP contribution < -0.4 is 10.6 Å². The number of pyridine rings is 1. The zero-order chi connectivity index (χ0) is 13.8. The third kappa shape index (κ3) is 3.00. The molecular weight excluding hydrogens is 269 g/mol. The van der Waals surface area contributed by atoms with E-state index in [1.165, 1.54) is 24.4 Å². The molecule has 1 aromatic carbocycles. The topological polar surface area (TPSA) is 54.0 Å². The second-order valence-electron chi connectivity index (χ2n) is 3.73. The molecule has 0 aliphatic carbocycles. The predicted octanol–water partition coefficient (Wildman–Crippen LogP) is 3.17. The summed E-state index contributed by atoms with van der Waals surface area (Å²) in [4.78, 5) is 16.0. The number of carbonyl (C=O) groups is 1. The fourth-order valence-corrected chi connectivity index (χ4v) is 1.71. The molecule has 0 unspecified atom stereocenters. The van der Waals surface area contributed by atoms with Crippen molar-refractivity contribution in [2.24, 2.45) is 0 Å². The maximum Gasteiger partial charge on any atom is 0.259 e. The van der Waals surface area contributed by atoms with Gasteiger partial charge in [-0.05, 0) is 24.3 Å². The largest absolute Gasteiger partial charge is 0.385 e. The Hall–Kier alpha value is -2.14. The normalized spacial score (nSPS) is 10.1. The molecule has 1 heterocycles. The van der Waals surface area contributed by atoms with Crippen LogP contribution in [0.25, 0.3) is 0 Å². The number of hydrogen-bond acceptors (Lipinski definition) is 3. The fourth-order valence-electron chi connectivity index (χ4n) is 1.60. The van der Waals surface area contributed by atoms with Gasteiger partial charge in [0.25, 0.3) is 5.91 Å². The standard InChI is InChI=1S/C13H11ClFN3O/c1-16-12-9(3-2-4-10(12)15)13(19)18-11-6-5-8(14)7-17-11/h2-7,16H,1H3,(H,17,18,19). The Labute approximate surface area is 114 Å². The van der Waals surface area contributed by atoms with Gasteiger partial charge < -0.3 is 10.6 Å². The van der Waals surface area contributed by atoms with Crippen LogP contribution in [0.3, 0.4) is 0 Å². The van der Waals surface area contributed by atoms with Gasteiger partial charge in [0.05, 0.1) is 16.3 Å². The van der Waals surface area contributed by atoms with E-state index in [4.69, 9.17) is 11.6 Å². The summed E-state index contributed by atoms with van der Waals surface area (Å²) in [6.45, 7) is 0. The van der Waals surface area contributed by atoms with Crippen LogP contribution in [-0.2, 0) is 0 Å². The highest BCUT2D eigenvalue weighted by Crippen LogP contribution is 2.20. The number of halogens is 2. The lowest BCUT2D eigenvalue weighted by atomic mass is 10.1. The molecule has 0 spiro atoms. The van der Waals surface area contributed by atoms with Crippen molar-refractivity contribution < 1.29 is 9.18 Å². The molecule has 19 heavy (non-hydrogen) atoms. The molecule has 1 aromatic heterocycles. The summed E-state index contributed by atoms with van der Waals surface area (Å²) < 4.78 is 13.5. The van der Waals surface area contributed by atoms with Gasteiger partial charge >= 0.3 is 0 Å². The third-order valence-corrected chi connectivity index (χ3v) is 2.70. The second-order valence-corrected chi connectivity index (χ2v) is 4.16. The van der Waals surface area contributed by atoms with Crippen molar-refractivity contribution in [3.8, 4) is 0 Å². The number of para-hydroxylation sites is 1. The number of carbonyl (C=O) groups excluding carboxylic acids is 1. The average molecular weight is 280 g/mol. The summed E-state index contributed by atoms with van der Waals surface area (Å²) in [6, 6.07) is 7.46. The van der Waals surface area contributed by atoms with Crippen LogP contribution in [0.15, 0.2) is 36.5 Å². The Bertz CT molecular complexity index is 601. The van der Waals surface area contributed by atoms with Crippen LogP contribution >= 0.6 is 11.6 Å². The highest BCUT2D eigenvalue weighted by atomic mass is 35.5. The van der Waals surface area contributed by atoms with Gasteiger partial charge in [-0.15, -0.1) is 0 Å². The predicted molar refractivity (Wildman–Crippen MR) is 73.1 cm³/mol. The van der Waals surface area contributed by atoms with Gasteiger partial charge in [-0.3, -0.25) is 4.79 Å². The van der Waals surface area contributed by atoms with Crippen molar-refractivity contribution >= 4 is 29.0 Å². The molecule has 2 N–H and O–H groups in total. The number of anilines is 2. The van der Waals surface area contributed by atoms with Crippen LogP contribution in [0.1, 0.15) is 10.4 Å². The van der Waals surface area contributed by atoms with E-state index in [1.807, 2.05) is 0 Å². The maximum atomic E-state index is 13.5. The second kappa shape index (κ2) is 5.67. The number of amides is 1. The lowest BCUT2D eigenvalue weighted by Crippen LogP contribution is -2.15. The van der Waals surface area contributed by atoms with Crippen molar-refractivity contribution in [1.29, 1.82) is 0 Å². The average Bonchev–Trinajstić information content (AvgIpc) is 2.41. The van der Waals surface area contributed by atoms with Crippen LogP contribution in [0, 0.1) is 5.82 Å². The first-order valence-electron chi connectivity index (χ1n) is 5.51. The number of aromatic nitrogens is 1. The summed E-state index contributed by atoms with van der Waals surface area (Å²) in [5.41, 5.74) is 0.355. The molecule has 0 atom stereocenters. The quantitative estimate of drug-likeness (QED) is 0.907. The zero-order valence-electron chi connectivity index (χ0n) is 10.1. The lowest BCUT2D eigenvalue weighted by molar-refractivity contribution is 0.102. The van der Waals surface area contributed by atoms with Crippen molar-refractivity contribution in [3.05, 3.63) is 52.9 Å². The van der Waals surface area contributed by atoms with Gasteiger partial charge in [0.2, 0.25) is 0 Å². The van der Waals surface area contributed by atoms with Gasteiger partial charge in [-0.1, -0.05) is 17.7 Å². The van der Waals surface area contributed by atoms with Gasteiger partial charge in [0.1, 0.15) is 11.6 Å². The Morgan fingerprint density at radius 1 is 1.32 bits per heavy atom. The Kier molecular flexibility index (Phi) is 3.97. The first-order chi connectivity index (χ1) is 9.11. The first kappa shape index (κ1) is 13.3. The highest BCUT2D eigenvalue weighted by Gasteiger charge is 2.14. The Balaban J connectivity index is 2.25. The van der Waals surface area contributed by atoms with E-state index < -0.39 is 11.7 Å². The molecule has 4 nitrogen and oxygen atoms in total. The lowest BCUT2D eigenvalue weighted by Gasteiger charge is -2.10. The smallest absolute Gasteiger partial charge is 0.259 e. The van der Waals surface area contributed by atoms with Crippen molar-refractivity contribution in [1.82, 2.24) is 4.98 Å². The van der Waals surface area contributed by atoms with E-state index >= 15 is 0 Å². The minimum Gasteiger partial charge on any atom is -0.385 e. The van der Waals surface area contributed by atoms with Crippen molar-refractivity contribution in [3.63, 3.8) is 0 Å². The summed E-state index contributed by atoms with van der Waals surface area (Å²) in [5, 5.41) is 5.71. The molecular formula is C13H11ClFN3O. The number of nitrogens with zero attached hydrogens (tertiary/aromatic N) is 1. The minimum absolute atomic E-state index is 0.147. The third-order valence-electron chi connectivity index (χ3n) is 2.48. The Morgan fingerprint density at radius 3 is 2.74 bits per heavy atom. The molecule has 0 radical (unpaired) electrons. The molecule has 0 aliphatic rings. The highest BCUT2D eigenvalue weighted by molar-refractivity contribution is 6.30. The molecule has 0 saturated carbocycles. The van der Waals surface area contributed by atoms with E-state index in [0.717, 1.165) is 0 Å². The summed E-state index contributed by atoms with van der Waals surface area (Å²) in [6.07, 6.45) is 1.42. The SMILES string of the molecule is CNc1c(F)cccc1C(=O)Nc1ccc(Cl)cn1. The maximum absolute atomic E-state index is 13.5. The molecule has 2 rings (SSSR count). The van der Waals surface area contributed by atoms with E-state index in [-0.39, 0.29) is 11.3 Å². The molecule has 0 aliphatic heterocycles. The molecule has 6 heteroatoms. The van der Waals surface area contributed by atoms with Gasteiger partial charge in [0.15, 0.2) is 0 Å². The van der Waals surface area contributed by atoms with Gasteiger partial charge in [0, 0.05) is 13.2 Å². The van der Waals surface area contributed by atoms with Gasteiger partial charge in [-0.2, -0.15) is 0 Å². The van der Waals surface area contributed by atoms with Crippen LogP contribution in [0.5, 0.6) is 0 Å². The molecule has 0 saturated heterocycles. The fraction of sp³-hybridized carbons (Fsp3) is 0.0769. The number of nitrogens with one attached hydrogen (secondary N) is 2. The number of hydrogen-bond donors (Lipinski definition) is 2. The van der Waals surface area contributed by atoms with Crippen molar-refractivity contribution in [2.45, 2.75) is 0 Å². The van der Waals surface area contributed by atoms with Crippen LogP contribution in [-0.4, -0.2) is 17.9 Å². The number of rotatable bonds is 3. The van der Waals surface area contributed by atoms with Crippen LogP contribution in [0.4, 0.5) is 15.9 Å². The zero-order valence-corrected chi connectivity index (χ0v) is 10.8. The van der Waals surface area contributed by atoms with E-state index in [9.17, 15) is 9.18 Å². The molecule has 0 bridgehead atoms. The Morgan fingerprint density at radius 2 is 2.11 bits per heavy atom. The first-order valence-corrected chi connectivity index (χ1v) is 5.89.